The summed E-state index contributed by atoms with van der Waals surface area (Å²) >= 11 is 0. The van der Waals surface area contributed by atoms with Gasteiger partial charge < -0.3 is 4.74 Å². The summed E-state index contributed by atoms with van der Waals surface area (Å²) in [6.07, 6.45) is 1.64. The Morgan fingerprint density at radius 3 is 2.64 bits per heavy atom. The van der Waals surface area contributed by atoms with Crippen LogP contribution in [0.2, 0.25) is 0 Å². The van der Waals surface area contributed by atoms with Crippen molar-refractivity contribution in [2.45, 2.75) is 13.8 Å². The van der Waals surface area contributed by atoms with Gasteiger partial charge in [0, 0.05) is 0 Å². The van der Waals surface area contributed by atoms with Crippen LogP contribution in [0.3, 0.4) is 0 Å². The predicted octanol–water partition coefficient (Wildman–Crippen LogP) is 2.16. The van der Waals surface area contributed by atoms with Gasteiger partial charge in [0.05, 0.1) is 0 Å². The van der Waals surface area contributed by atoms with E-state index in [-0.39, 0.29) is 0 Å². The molecule has 0 radical (unpaired) electrons. The van der Waals surface area contributed by atoms with E-state index in [2.05, 4.69) is 0 Å². The van der Waals surface area contributed by atoms with Crippen molar-refractivity contribution in [3.05, 3.63) is 29.3 Å². The van der Waals surface area contributed by atoms with E-state index in [1.807, 2.05) is 26.0 Å². The van der Waals surface area contributed by atoms with Crippen molar-refractivity contribution < 1.29 is 4.74 Å². The topological polar surface area (TPSA) is 33.0 Å². The minimum absolute atomic E-state index is 0.637. The van der Waals surface area contributed by atoms with Crippen LogP contribution in [0.1, 0.15) is 11.1 Å². The van der Waals surface area contributed by atoms with Crippen molar-refractivity contribution in [2.75, 3.05) is 0 Å². The molecule has 0 bridgehead atoms. The van der Waals surface area contributed by atoms with Crippen molar-refractivity contribution in [3.8, 4) is 12.0 Å². The minimum Gasteiger partial charge on any atom is -0.388 e. The third-order valence-corrected chi connectivity index (χ3v) is 1.49. The van der Waals surface area contributed by atoms with E-state index in [1.54, 1.807) is 12.3 Å². The maximum atomic E-state index is 8.24. The summed E-state index contributed by atoms with van der Waals surface area (Å²) in [5.74, 6) is 0.637. The Balaban J connectivity index is 3.01. The zero-order valence-electron chi connectivity index (χ0n) is 6.59. The van der Waals surface area contributed by atoms with Gasteiger partial charge >= 0.3 is 0 Å². The third-order valence-electron chi connectivity index (χ3n) is 1.49. The molecule has 1 aromatic carbocycles. The second kappa shape index (κ2) is 3.07. The number of rotatable bonds is 1. The van der Waals surface area contributed by atoms with Crippen LogP contribution in [-0.4, -0.2) is 0 Å². The molecule has 0 N–H and O–H groups in total. The quantitative estimate of drug-likeness (QED) is 0.570. The van der Waals surface area contributed by atoms with E-state index in [4.69, 9.17) is 10.00 Å². The molecule has 0 aromatic heterocycles. The Labute approximate surface area is 66.0 Å². The van der Waals surface area contributed by atoms with E-state index < -0.39 is 0 Å². The highest BCUT2D eigenvalue weighted by Crippen LogP contribution is 2.17. The molecule has 1 aromatic rings. The SMILES string of the molecule is Cc1ccc(OC#N)c(C)c1. The molecular weight excluding hydrogens is 138 g/mol. The second-order valence-electron chi connectivity index (χ2n) is 2.46. The number of hydrogen-bond donors (Lipinski definition) is 0. The molecule has 56 valence electrons. The third kappa shape index (κ3) is 1.71. The minimum atomic E-state index is 0.637. The highest BCUT2D eigenvalue weighted by atomic mass is 16.5. The first-order valence-corrected chi connectivity index (χ1v) is 3.37. The first-order valence-electron chi connectivity index (χ1n) is 3.37. The van der Waals surface area contributed by atoms with Crippen molar-refractivity contribution in [3.63, 3.8) is 0 Å². The molecule has 0 spiro atoms. The number of nitrogens with zero attached hydrogens (tertiary/aromatic N) is 1. The summed E-state index contributed by atoms with van der Waals surface area (Å²) in [4.78, 5) is 0. The van der Waals surface area contributed by atoms with E-state index in [0.29, 0.717) is 5.75 Å². The molecular formula is C9H9NO. The first kappa shape index (κ1) is 7.62. The van der Waals surface area contributed by atoms with Gasteiger partial charge in [0.15, 0.2) is 0 Å². The molecule has 0 aliphatic heterocycles. The van der Waals surface area contributed by atoms with Crippen LogP contribution < -0.4 is 4.74 Å². The molecule has 0 aliphatic rings. The number of benzene rings is 1. The van der Waals surface area contributed by atoms with Gasteiger partial charge in [-0.15, -0.1) is 5.26 Å². The van der Waals surface area contributed by atoms with Crippen LogP contribution in [0.4, 0.5) is 0 Å². The van der Waals surface area contributed by atoms with Gasteiger partial charge in [-0.3, -0.25) is 0 Å². The van der Waals surface area contributed by atoms with Crippen molar-refractivity contribution in [1.82, 2.24) is 0 Å². The fourth-order valence-electron chi connectivity index (χ4n) is 0.963. The lowest BCUT2D eigenvalue weighted by Gasteiger charge is -2.00. The van der Waals surface area contributed by atoms with Gasteiger partial charge in [-0.25, -0.2) is 0 Å². The van der Waals surface area contributed by atoms with Crippen molar-refractivity contribution in [1.29, 1.82) is 5.26 Å². The molecule has 0 heterocycles. The Bertz CT molecular complexity index is 299. The van der Waals surface area contributed by atoms with E-state index >= 15 is 0 Å². The molecule has 0 atom stereocenters. The lowest BCUT2D eigenvalue weighted by atomic mass is 10.1. The fraction of sp³-hybridized carbons (Fsp3) is 0.222. The molecule has 11 heavy (non-hydrogen) atoms. The molecule has 0 fully saturated rings. The average molecular weight is 147 g/mol. The summed E-state index contributed by atoms with van der Waals surface area (Å²) in [5.41, 5.74) is 2.17. The zero-order chi connectivity index (χ0) is 8.27. The van der Waals surface area contributed by atoms with E-state index in [0.717, 1.165) is 5.56 Å². The largest absolute Gasteiger partial charge is 0.388 e. The summed E-state index contributed by atoms with van der Waals surface area (Å²) in [6.45, 7) is 3.92. The Kier molecular flexibility index (Phi) is 2.12. The maximum Gasteiger partial charge on any atom is 0.292 e. The fourth-order valence-corrected chi connectivity index (χ4v) is 0.963. The Morgan fingerprint density at radius 2 is 2.09 bits per heavy atom. The zero-order valence-corrected chi connectivity index (χ0v) is 6.59. The monoisotopic (exact) mass is 147 g/mol. The van der Waals surface area contributed by atoms with Gasteiger partial charge in [0.2, 0.25) is 0 Å². The molecule has 1 rings (SSSR count). The lowest BCUT2D eigenvalue weighted by molar-refractivity contribution is 0.503. The maximum absolute atomic E-state index is 8.24. The standard InChI is InChI=1S/C9H9NO/c1-7-3-4-9(11-6-10)8(2)5-7/h3-5H,1-2H3. The predicted molar refractivity (Wildman–Crippen MR) is 42.2 cm³/mol. The van der Waals surface area contributed by atoms with Crippen LogP contribution in [0.5, 0.6) is 5.75 Å². The van der Waals surface area contributed by atoms with Crippen molar-refractivity contribution in [2.24, 2.45) is 0 Å². The van der Waals surface area contributed by atoms with E-state index in [9.17, 15) is 0 Å². The van der Waals surface area contributed by atoms with Gasteiger partial charge in [-0.1, -0.05) is 17.7 Å². The van der Waals surface area contributed by atoms with E-state index in [1.165, 1.54) is 5.56 Å². The van der Waals surface area contributed by atoms with Crippen LogP contribution in [-0.2, 0) is 0 Å². The number of hydrogen-bond acceptors (Lipinski definition) is 2. The summed E-state index contributed by atoms with van der Waals surface area (Å²) < 4.78 is 4.70. The Hall–Kier alpha value is -1.49. The van der Waals surface area contributed by atoms with Gasteiger partial charge in [0.25, 0.3) is 6.26 Å². The highest BCUT2D eigenvalue weighted by Gasteiger charge is 1.97. The average Bonchev–Trinajstić information content (AvgIpc) is 1.95. The van der Waals surface area contributed by atoms with Crippen LogP contribution in [0.25, 0.3) is 0 Å². The number of aryl methyl sites for hydroxylation is 2. The molecule has 0 amide bonds. The highest BCUT2D eigenvalue weighted by molar-refractivity contribution is 5.36. The van der Waals surface area contributed by atoms with Crippen molar-refractivity contribution >= 4 is 0 Å². The molecule has 0 aliphatic carbocycles. The summed E-state index contributed by atoms with van der Waals surface area (Å²) in [7, 11) is 0. The Morgan fingerprint density at radius 1 is 1.36 bits per heavy atom. The summed E-state index contributed by atoms with van der Waals surface area (Å²) in [6, 6.07) is 5.69. The molecule has 2 nitrogen and oxygen atoms in total. The summed E-state index contributed by atoms with van der Waals surface area (Å²) in [5, 5.41) is 8.24. The van der Waals surface area contributed by atoms with Gasteiger partial charge in [-0.2, -0.15) is 0 Å². The molecule has 0 unspecified atom stereocenters. The molecule has 2 heteroatoms. The number of nitriles is 1. The van der Waals surface area contributed by atoms with Gasteiger partial charge in [0.1, 0.15) is 5.75 Å². The second-order valence-corrected chi connectivity index (χ2v) is 2.46. The molecule has 0 saturated heterocycles. The van der Waals surface area contributed by atoms with Crippen LogP contribution in [0.15, 0.2) is 18.2 Å². The van der Waals surface area contributed by atoms with Crippen LogP contribution >= 0.6 is 0 Å². The van der Waals surface area contributed by atoms with Gasteiger partial charge in [-0.05, 0) is 25.5 Å². The lowest BCUT2D eigenvalue weighted by Crippen LogP contribution is -1.86. The number of ether oxygens (including phenoxy) is 1. The van der Waals surface area contributed by atoms with Crippen LogP contribution in [0, 0.1) is 25.4 Å². The smallest absolute Gasteiger partial charge is 0.292 e. The molecule has 0 saturated carbocycles. The first-order chi connectivity index (χ1) is 5.24. The normalized spacial score (nSPS) is 8.82.